The lowest BCUT2D eigenvalue weighted by molar-refractivity contribution is -0.273. The van der Waals surface area contributed by atoms with Crippen molar-refractivity contribution in [1.82, 2.24) is 0 Å². The van der Waals surface area contributed by atoms with Crippen molar-refractivity contribution in [2.75, 3.05) is 0 Å². The van der Waals surface area contributed by atoms with Crippen LogP contribution in [-0.4, -0.2) is 51.1 Å². The highest BCUT2D eigenvalue weighted by Crippen LogP contribution is 2.23. The average Bonchev–Trinajstić information content (AvgIpc) is 2.07. The van der Waals surface area contributed by atoms with Gasteiger partial charge in [0.15, 0.2) is 6.29 Å². The summed E-state index contributed by atoms with van der Waals surface area (Å²) in [5, 5.41) is 36.8. The van der Waals surface area contributed by atoms with E-state index in [1.807, 2.05) is 0 Å². The molecule has 5 atom stereocenters. The summed E-state index contributed by atoms with van der Waals surface area (Å²) >= 11 is 0. The van der Waals surface area contributed by atoms with E-state index < -0.39 is 30.7 Å². The maximum absolute atomic E-state index is 9.39. The smallest absolute Gasteiger partial charge is 0.184 e. The first-order valence-electron chi connectivity index (χ1n) is 3.98. The minimum atomic E-state index is -1.49. The van der Waals surface area contributed by atoms with Crippen LogP contribution in [0.2, 0.25) is 0 Å². The maximum atomic E-state index is 9.39. The molecule has 0 aromatic rings. The van der Waals surface area contributed by atoms with Crippen molar-refractivity contribution in [2.45, 2.75) is 37.6 Å². The lowest BCUT2D eigenvalue weighted by Gasteiger charge is -2.38. The second-order valence-electron chi connectivity index (χ2n) is 3.27. The summed E-state index contributed by atoms with van der Waals surface area (Å²) in [4.78, 5) is 0. The fourth-order valence-electron chi connectivity index (χ4n) is 1.27. The van der Waals surface area contributed by atoms with Gasteiger partial charge in [0, 0.05) is 0 Å². The molecular weight excluding hydrogens is 176 g/mol. The molecule has 76 valence electrons. The van der Waals surface area contributed by atoms with Crippen molar-refractivity contribution >= 4 is 0 Å². The van der Waals surface area contributed by atoms with Crippen LogP contribution < -0.4 is 0 Å². The Labute approximate surface area is 75.9 Å². The number of rotatable bonds is 1. The van der Waals surface area contributed by atoms with E-state index in [1.54, 1.807) is 6.92 Å². The number of ether oxygens (including phenoxy) is 1. The normalized spacial score (nSPS) is 46.1. The molecule has 0 radical (unpaired) electrons. The first-order valence-corrected chi connectivity index (χ1v) is 3.98. The molecule has 0 aliphatic carbocycles. The Balaban J connectivity index is 2.76. The molecule has 0 amide bonds. The van der Waals surface area contributed by atoms with Gasteiger partial charge < -0.3 is 25.2 Å². The second-order valence-corrected chi connectivity index (χ2v) is 3.27. The van der Waals surface area contributed by atoms with Gasteiger partial charge in [-0.1, -0.05) is 6.58 Å². The Morgan fingerprint density at radius 2 is 1.62 bits per heavy atom. The zero-order valence-corrected chi connectivity index (χ0v) is 7.29. The van der Waals surface area contributed by atoms with Gasteiger partial charge in [0.25, 0.3) is 0 Å². The van der Waals surface area contributed by atoms with E-state index in [9.17, 15) is 10.2 Å². The van der Waals surface area contributed by atoms with Crippen molar-refractivity contribution < 1.29 is 25.2 Å². The van der Waals surface area contributed by atoms with Gasteiger partial charge in [-0.15, -0.1) is 0 Å². The van der Waals surface area contributed by atoms with Crippen molar-refractivity contribution in [1.29, 1.82) is 0 Å². The second kappa shape index (κ2) is 3.73. The van der Waals surface area contributed by atoms with Crippen LogP contribution in [0.1, 0.15) is 6.92 Å². The third kappa shape index (κ3) is 1.90. The van der Waals surface area contributed by atoms with E-state index in [-0.39, 0.29) is 0 Å². The molecule has 0 saturated carbocycles. The fraction of sp³-hybridized carbons (Fsp3) is 0.750. The predicted molar refractivity (Wildman–Crippen MR) is 43.7 cm³/mol. The number of hydrogen-bond donors (Lipinski definition) is 4. The van der Waals surface area contributed by atoms with Crippen LogP contribution >= 0.6 is 0 Å². The van der Waals surface area contributed by atoms with E-state index in [1.165, 1.54) is 0 Å². The Kier molecular flexibility index (Phi) is 3.05. The van der Waals surface area contributed by atoms with Gasteiger partial charge in [-0.2, -0.15) is 0 Å². The van der Waals surface area contributed by atoms with E-state index in [0.29, 0.717) is 5.57 Å². The van der Waals surface area contributed by atoms with Crippen LogP contribution in [0.25, 0.3) is 0 Å². The quantitative estimate of drug-likeness (QED) is 0.372. The number of aliphatic hydroxyl groups is 4. The van der Waals surface area contributed by atoms with Crippen molar-refractivity contribution in [3.05, 3.63) is 12.2 Å². The average molecular weight is 190 g/mol. The molecule has 0 aromatic heterocycles. The molecule has 1 rings (SSSR count). The first kappa shape index (κ1) is 10.6. The summed E-state index contributed by atoms with van der Waals surface area (Å²) in [5.41, 5.74) is 0.484. The molecule has 13 heavy (non-hydrogen) atoms. The van der Waals surface area contributed by atoms with Crippen molar-refractivity contribution in [3.8, 4) is 0 Å². The van der Waals surface area contributed by atoms with Crippen molar-refractivity contribution in [2.24, 2.45) is 0 Å². The third-order valence-corrected chi connectivity index (χ3v) is 2.07. The van der Waals surface area contributed by atoms with E-state index in [0.717, 1.165) is 0 Å². The molecule has 1 unspecified atom stereocenters. The first-order chi connectivity index (χ1) is 5.95. The van der Waals surface area contributed by atoms with Crippen LogP contribution in [0.4, 0.5) is 0 Å². The molecule has 0 spiro atoms. The molecule has 5 heteroatoms. The van der Waals surface area contributed by atoms with E-state index in [2.05, 4.69) is 6.58 Å². The van der Waals surface area contributed by atoms with Gasteiger partial charge in [0.2, 0.25) is 0 Å². The Hall–Kier alpha value is -0.460. The Bertz CT molecular complexity index is 205. The highest BCUT2D eigenvalue weighted by Gasteiger charge is 2.42. The van der Waals surface area contributed by atoms with Gasteiger partial charge >= 0.3 is 0 Å². The van der Waals surface area contributed by atoms with Crippen LogP contribution in [0.5, 0.6) is 0 Å². The largest absolute Gasteiger partial charge is 0.387 e. The molecule has 0 bridgehead atoms. The lowest BCUT2D eigenvalue weighted by atomic mass is 9.95. The Morgan fingerprint density at radius 1 is 1.08 bits per heavy atom. The molecule has 1 aliphatic heterocycles. The Morgan fingerprint density at radius 3 is 2.08 bits per heavy atom. The molecule has 1 fully saturated rings. The highest BCUT2D eigenvalue weighted by molar-refractivity contribution is 5.06. The predicted octanol–water partition coefficient (Wildman–Crippen LogP) is -1.64. The van der Waals surface area contributed by atoms with E-state index >= 15 is 0 Å². The van der Waals surface area contributed by atoms with Crippen LogP contribution in [0.15, 0.2) is 12.2 Å². The molecule has 0 aromatic carbocycles. The number of aliphatic hydroxyl groups excluding tert-OH is 4. The lowest BCUT2D eigenvalue weighted by Crippen LogP contribution is -2.57. The molecule has 4 N–H and O–H groups in total. The monoisotopic (exact) mass is 190 g/mol. The van der Waals surface area contributed by atoms with Gasteiger partial charge in [-0.05, 0) is 12.5 Å². The molecule has 1 saturated heterocycles. The molecule has 1 heterocycles. The summed E-state index contributed by atoms with van der Waals surface area (Å²) in [6.07, 6.45) is -6.47. The highest BCUT2D eigenvalue weighted by atomic mass is 16.6. The summed E-state index contributed by atoms with van der Waals surface area (Å²) < 4.78 is 4.84. The van der Waals surface area contributed by atoms with Crippen LogP contribution in [0.3, 0.4) is 0 Å². The molecule has 5 nitrogen and oxygen atoms in total. The van der Waals surface area contributed by atoms with Gasteiger partial charge in [0.1, 0.15) is 24.4 Å². The summed E-state index contributed by atoms with van der Waals surface area (Å²) in [5.74, 6) is 0. The molecular formula is C8H14O5. The van der Waals surface area contributed by atoms with Gasteiger partial charge in [-0.25, -0.2) is 0 Å². The standard InChI is InChI=1S/C8H14O5/c1-3(2)7-5(10)4(9)6(11)8(12)13-7/h4-12H,1H2,2H3/t4-,5+,6+,7+,8?/m1/s1. The zero-order chi connectivity index (χ0) is 10.2. The van der Waals surface area contributed by atoms with E-state index in [4.69, 9.17) is 14.9 Å². The maximum Gasteiger partial charge on any atom is 0.184 e. The summed E-state index contributed by atoms with van der Waals surface area (Å²) in [6.45, 7) is 5.14. The van der Waals surface area contributed by atoms with Crippen LogP contribution in [0, 0.1) is 0 Å². The van der Waals surface area contributed by atoms with Crippen molar-refractivity contribution in [3.63, 3.8) is 0 Å². The minimum absolute atomic E-state index is 0.484. The minimum Gasteiger partial charge on any atom is -0.387 e. The topological polar surface area (TPSA) is 90.2 Å². The van der Waals surface area contributed by atoms with Crippen LogP contribution in [-0.2, 0) is 4.74 Å². The SMILES string of the molecule is C=C(C)[C@@H]1OC(O)[C@@H](O)[C@H](O)[C@@H]1O. The summed E-state index contributed by atoms with van der Waals surface area (Å²) in [7, 11) is 0. The van der Waals surface area contributed by atoms with Gasteiger partial charge in [-0.3, -0.25) is 0 Å². The van der Waals surface area contributed by atoms with Gasteiger partial charge in [0.05, 0.1) is 0 Å². The number of hydrogen-bond acceptors (Lipinski definition) is 5. The fourth-order valence-corrected chi connectivity index (χ4v) is 1.27. The molecule has 1 aliphatic rings. The summed E-state index contributed by atoms with van der Waals surface area (Å²) in [6, 6.07) is 0. The third-order valence-electron chi connectivity index (χ3n) is 2.07. The zero-order valence-electron chi connectivity index (χ0n) is 7.29.